The molecule has 0 saturated carbocycles. The topological polar surface area (TPSA) is 38.5 Å². The molecule has 5 heteroatoms. The number of rotatable bonds is 3. The van der Waals surface area contributed by atoms with Crippen molar-refractivity contribution >= 4 is 27.5 Å². The molecule has 1 aromatic rings. The van der Waals surface area contributed by atoms with Gasteiger partial charge in [-0.15, -0.1) is 0 Å². The molecule has 1 aromatic carbocycles. The summed E-state index contributed by atoms with van der Waals surface area (Å²) >= 11 is 9.60. The van der Waals surface area contributed by atoms with Gasteiger partial charge in [0, 0.05) is 30.1 Å². The summed E-state index contributed by atoms with van der Waals surface area (Å²) in [4.78, 5) is 2.39. The van der Waals surface area contributed by atoms with Gasteiger partial charge in [0.2, 0.25) is 0 Å². The van der Waals surface area contributed by atoms with Crippen molar-refractivity contribution < 1.29 is 4.74 Å². The summed E-state index contributed by atoms with van der Waals surface area (Å²) < 4.78 is 6.69. The van der Waals surface area contributed by atoms with Gasteiger partial charge in [0.15, 0.2) is 0 Å². The van der Waals surface area contributed by atoms with Crippen molar-refractivity contribution in [3.8, 4) is 0 Å². The molecule has 0 aromatic heterocycles. The molecular weight excluding hydrogens is 328 g/mol. The third kappa shape index (κ3) is 3.70. The highest BCUT2D eigenvalue weighted by Crippen LogP contribution is 2.29. The van der Waals surface area contributed by atoms with Gasteiger partial charge in [0.05, 0.1) is 17.2 Å². The number of nitrogens with two attached hydrogens (primary N) is 1. The molecule has 1 aliphatic heterocycles. The monoisotopic (exact) mass is 346 g/mol. The van der Waals surface area contributed by atoms with Crippen LogP contribution in [0, 0.1) is 0 Å². The molecular formula is C14H20BrClN2O. The van der Waals surface area contributed by atoms with Crippen LogP contribution in [0.1, 0.15) is 25.5 Å². The van der Waals surface area contributed by atoms with Crippen LogP contribution in [0.5, 0.6) is 0 Å². The Bertz CT molecular complexity index is 433. The summed E-state index contributed by atoms with van der Waals surface area (Å²) in [6.45, 7) is 6.59. The van der Waals surface area contributed by atoms with E-state index in [0.29, 0.717) is 6.54 Å². The van der Waals surface area contributed by atoms with E-state index < -0.39 is 0 Å². The number of hydrogen-bond acceptors (Lipinski definition) is 3. The Labute approximate surface area is 128 Å². The Kier molecular flexibility index (Phi) is 5.26. The fourth-order valence-electron chi connectivity index (χ4n) is 2.69. The minimum Gasteiger partial charge on any atom is -0.373 e. The van der Waals surface area contributed by atoms with Crippen LogP contribution in [-0.4, -0.2) is 36.7 Å². The fraction of sp³-hybridized carbons (Fsp3) is 0.571. The second-order valence-corrected chi connectivity index (χ2v) is 6.40. The molecule has 0 amide bonds. The third-order valence-corrected chi connectivity index (χ3v) is 4.67. The van der Waals surface area contributed by atoms with Crippen molar-refractivity contribution in [2.24, 2.45) is 5.73 Å². The number of hydrogen-bond donors (Lipinski definition) is 1. The SMILES string of the molecule is C[C@@H]1CN(C(CN)c2ccc(Br)c(Cl)c2)C[C@H](C)O1. The van der Waals surface area contributed by atoms with E-state index in [-0.39, 0.29) is 18.2 Å². The Balaban J connectivity index is 2.21. The molecule has 2 N–H and O–H groups in total. The normalized spacial score (nSPS) is 26.4. The van der Waals surface area contributed by atoms with E-state index in [4.69, 9.17) is 22.1 Å². The predicted molar refractivity (Wildman–Crippen MR) is 82.5 cm³/mol. The molecule has 3 atom stereocenters. The lowest BCUT2D eigenvalue weighted by molar-refractivity contribution is -0.0799. The summed E-state index contributed by atoms with van der Waals surface area (Å²) in [5, 5.41) is 0.727. The second-order valence-electron chi connectivity index (χ2n) is 5.14. The maximum Gasteiger partial charge on any atom is 0.0678 e. The van der Waals surface area contributed by atoms with Gasteiger partial charge in [-0.05, 0) is 47.5 Å². The van der Waals surface area contributed by atoms with Gasteiger partial charge in [-0.25, -0.2) is 0 Å². The van der Waals surface area contributed by atoms with Crippen LogP contribution in [0.3, 0.4) is 0 Å². The van der Waals surface area contributed by atoms with E-state index in [9.17, 15) is 0 Å². The smallest absolute Gasteiger partial charge is 0.0678 e. The lowest BCUT2D eigenvalue weighted by Crippen LogP contribution is -2.48. The second kappa shape index (κ2) is 6.55. The van der Waals surface area contributed by atoms with Crippen molar-refractivity contribution in [3.05, 3.63) is 33.3 Å². The Morgan fingerprint density at radius 1 is 1.42 bits per heavy atom. The molecule has 1 aliphatic rings. The molecule has 0 bridgehead atoms. The summed E-state index contributed by atoms with van der Waals surface area (Å²) in [5.74, 6) is 0. The number of morpholine rings is 1. The van der Waals surface area contributed by atoms with E-state index in [1.807, 2.05) is 12.1 Å². The number of ether oxygens (including phenoxy) is 1. The van der Waals surface area contributed by atoms with Gasteiger partial charge in [0.25, 0.3) is 0 Å². The summed E-state index contributed by atoms with van der Waals surface area (Å²) in [6.07, 6.45) is 0.479. The molecule has 1 unspecified atom stereocenters. The quantitative estimate of drug-likeness (QED) is 0.912. The van der Waals surface area contributed by atoms with Crippen LogP contribution in [-0.2, 0) is 4.74 Å². The first kappa shape index (κ1) is 15.3. The van der Waals surface area contributed by atoms with Crippen molar-refractivity contribution in [2.75, 3.05) is 19.6 Å². The van der Waals surface area contributed by atoms with Crippen LogP contribution in [0.4, 0.5) is 0 Å². The van der Waals surface area contributed by atoms with E-state index in [0.717, 1.165) is 28.1 Å². The van der Waals surface area contributed by atoms with Crippen LogP contribution in [0.25, 0.3) is 0 Å². The highest BCUT2D eigenvalue weighted by atomic mass is 79.9. The van der Waals surface area contributed by atoms with Gasteiger partial charge in [-0.1, -0.05) is 17.7 Å². The largest absolute Gasteiger partial charge is 0.373 e. The molecule has 0 radical (unpaired) electrons. The van der Waals surface area contributed by atoms with Crippen molar-refractivity contribution in [2.45, 2.75) is 32.1 Å². The minimum absolute atomic E-state index is 0.194. The maximum absolute atomic E-state index is 6.18. The highest BCUT2D eigenvalue weighted by Gasteiger charge is 2.28. The lowest BCUT2D eigenvalue weighted by Gasteiger charge is -2.40. The summed E-state index contributed by atoms with van der Waals surface area (Å²) in [7, 11) is 0. The van der Waals surface area contributed by atoms with Gasteiger partial charge >= 0.3 is 0 Å². The zero-order valence-electron chi connectivity index (χ0n) is 11.3. The number of nitrogens with zero attached hydrogens (tertiary/aromatic N) is 1. The standard InChI is InChI=1S/C14H20BrClN2O/c1-9-7-18(8-10(2)19-9)14(6-17)11-3-4-12(15)13(16)5-11/h3-5,9-10,14H,6-8,17H2,1-2H3/t9-,10+,14?. The molecule has 2 rings (SSSR count). The zero-order chi connectivity index (χ0) is 14.0. The van der Waals surface area contributed by atoms with Gasteiger partial charge in [-0.3, -0.25) is 4.90 Å². The highest BCUT2D eigenvalue weighted by molar-refractivity contribution is 9.10. The molecule has 1 heterocycles. The first-order chi connectivity index (χ1) is 9.01. The van der Waals surface area contributed by atoms with Gasteiger partial charge in [0.1, 0.15) is 0 Å². The van der Waals surface area contributed by atoms with E-state index in [1.54, 1.807) is 0 Å². The Hall–Kier alpha value is -0.130. The zero-order valence-corrected chi connectivity index (χ0v) is 13.6. The van der Waals surface area contributed by atoms with E-state index >= 15 is 0 Å². The molecule has 19 heavy (non-hydrogen) atoms. The average Bonchev–Trinajstić information content (AvgIpc) is 2.33. The van der Waals surface area contributed by atoms with Gasteiger partial charge in [-0.2, -0.15) is 0 Å². The average molecular weight is 348 g/mol. The lowest BCUT2D eigenvalue weighted by atomic mass is 10.0. The molecule has 3 nitrogen and oxygen atoms in total. The summed E-state index contributed by atoms with van der Waals surface area (Å²) in [6, 6.07) is 6.25. The third-order valence-electron chi connectivity index (χ3n) is 3.44. The fourth-order valence-corrected chi connectivity index (χ4v) is 3.12. The molecule has 0 spiro atoms. The van der Waals surface area contributed by atoms with Crippen LogP contribution in [0.2, 0.25) is 5.02 Å². The first-order valence-corrected chi connectivity index (χ1v) is 7.73. The van der Waals surface area contributed by atoms with E-state index in [2.05, 4.69) is 40.7 Å². The molecule has 1 saturated heterocycles. The number of benzene rings is 1. The summed E-state index contributed by atoms with van der Waals surface area (Å²) in [5.41, 5.74) is 7.14. The predicted octanol–water partition coefficient (Wildman–Crippen LogP) is 3.21. The molecule has 0 aliphatic carbocycles. The van der Waals surface area contributed by atoms with Crippen molar-refractivity contribution in [1.29, 1.82) is 0 Å². The Morgan fingerprint density at radius 3 is 2.58 bits per heavy atom. The minimum atomic E-state index is 0.194. The molecule has 106 valence electrons. The van der Waals surface area contributed by atoms with Crippen LogP contribution >= 0.6 is 27.5 Å². The molecule has 1 fully saturated rings. The van der Waals surface area contributed by atoms with Crippen molar-refractivity contribution in [1.82, 2.24) is 4.90 Å². The first-order valence-electron chi connectivity index (χ1n) is 6.55. The maximum atomic E-state index is 6.18. The van der Waals surface area contributed by atoms with Gasteiger partial charge < -0.3 is 10.5 Å². The van der Waals surface area contributed by atoms with Crippen molar-refractivity contribution in [3.63, 3.8) is 0 Å². The van der Waals surface area contributed by atoms with Crippen LogP contribution in [0.15, 0.2) is 22.7 Å². The Morgan fingerprint density at radius 2 is 2.05 bits per heavy atom. The van der Waals surface area contributed by atoms with E-state index in [1.165, 1.54) is 0 Å². The number of halogens is 2. The van der Waals surface area contributed by atoms with Crippen LogP contribution < -0.4 is 5.73 Å².